The largest absolute Gasteiger partial charge is 0.375 e. The Balaban J connectivity index is 2.58. The molecule has 0 radical (unpaired) electrons. The number of thiazole rings is 1. The zero-order valence-corrected chi connectivity index (χ0v) is 6.73. The summed E-state index contributed by atoms with van der Waals surface area (Å²) in [4.78, 5) is 15.8. The van der Waals surface area contributed by atoms with Gasteiger partial charge in [-0.1, -0.05) is 11.3 Å². The summed E-state index contributed by atoms with van der Waals surface area (Å²) in [6, 6.07) is 0.0195. The second kappa shape index (κ2) is 1.94. The molecule has 2 heterocycles. The molecular formula is C6H7N3OS. The van der Waals surface area contributed by atoms with Crippen LogP contribution in [-0.4, -0.2) is 10.9 Å². The van der Waals surface area contributed by atoms with Crippen molar-refractivity contribution in [1.29, 1.82) is 0 Å². The molecule has 11 heavy (non-hydrogen) atoms. The first kappa shape index (κ1) is 6.60. The Morgan fingerprint density at radius 1 is 1.73 bits per heavy atom. The molecule has 0 aromatic carbocycles. The van der Waals surface area contributed by atoms with Crippen LogP contribution in [0.25, 0.3) is 0 Å². The normalized spacial score (nSPS) is 21.5. The van der Waals surface area contributed by atoms with E-state index in [1.807, 2.05) is 6.92 Å². The second-order valence-corrected chi connectivity index (χ2v) is 3.49. The third-order valence-corrected chi connectivity index (χ3v) is 2.53. The Hall–Kier alpha value is -1.10. The molecule has 1 aliphatic rings. The van der Waals surface area contributed by atoms with Crippen molar-refractivity contribution < 1.29 is 4.79 Å². The van der Waals surface area contributed by atoms with Gasteiger partial charge < -0.3 is 11.1 Å². The van der Waals surface area contributed by atoms with E-state index in [1.54, 1.807) is 0 Å². The molecule has 0 bridgehead atoms. The van der Waals surface area contributed by atoms with Crippen molar-refractivity contribution in [3.05, 3.63) is 10.6 Å². The molecule has 5 heteroatoms. The number of carbonyl (C=O) groups excluding carboxylic acids is 1. The van der Waals surface area contributed by atoms with Crippen molar-refractivity contribution in [2.24, 2.45) is 0 Å². The third-order valence-electron chi connectivity index (χ3n) is 1.63. The Kier molecular flexibility index (Phi) is 1.17. The zero-order chi connectivity index (χ0) is 8.01. The Bertz CT molecular complexity index is 320. The zero-order valence-electron chi connectivity index (χ0n) is 5.92. The van der Waals surface area contributed by atoms with E-state index in [0.717, 1.165) is 5.69 Å². The first-order chi connectivity index (χ1) is 5.18. The average Bonchev–Trinajstić information content (AvgIpc) is 2.38. The van der Waals surface area contributed by atoms with E-state index in [0.29, 0.717) is 10.0 Å². The number of aromatic nitrogens is 1. The lowest BCUT2D eigenvalue weighted by Gasteiger charge is -1.98. The highest BCUT2D eigenvalue weighted by atomic mass is 32.1. The van der Waals surface area contributed by atoms with E-state index < -0.39 is 0 Å². The summed E-state index contributed by atoms with van der Waals surface area (Å²) in [6.07, 6.45) is 0. The minimum absolute atomic E-state index is 0.0195. The summed E-state index contributed by atoms with van der Waals surface area (Å²) in [5, 5.41) is 3.21. The first-order valence-corrected chi connectivity index (χ1v) is 4.07. The van der Waals surface area contributed by atoms with Gasteiger partial charge in [0.25, 0.3) is 5.91 Å². The lowest BCUT2D eigenvalue weighted by atomic mass is 10.3. The second-order valence-electron chi connectivity index (χ2n) is 2.46. The summed E-state index contributed by atoms with van der Waals surface area (Å²) in [5.41, 5.74) is 6.23. The number of nitrogens with zero attached hydrogens (tertiary/aromatic N) is 1. The van der Waals surface area contributed by atoms with Gasteiger partial charge in [-0.3, -0.25) is 4.79 Å². The fourth-order valence-corrected chi connectivity index (χ4v) is 1.97. The average molecular weight is 169 g/mol. The number of nitrogens with one attached hydrogen (secondary N) is 1. The smallest absolute Gasteiger partial charge is 0.263 e. The highest BCUT2D eigenvalue weighted by Gasteiger charge is 2.29. The van der Waals surface area contributed by atoms with Gasteiger partial charge in [0.1, 0.15) is 4.88 Å². The Morgan fingerprint density at radius 3 is 3.09 bits per heavy atom. The summed E-state index contributed by atoms with van der Waals surface area (Å²) in [5.74, 6) is -0.0540. The van der Waals surface area contributed by atoms with Crippen LogP contribution in [-0.2, 0) is 0 Å². The van der Waals surface area contributed by atoms with E-state index in [2.05, 4.69) is 10.3 Å². The van der Waals surface area contributed by atoms with Crippen LogP contribution in [0.15, 0.2) is 0 Å². The number of anilines is 1. The van der Waals surface area contributed by atoms with Crippen LogP contribution in [0, 0.1) is 0 Å². The van der Waals surface area contributed by atoms with Crippen LogP contribution in [0.1, 0.15) is 28.3 Å². The summed E-state index contributed by atoms with van der Waals surface area (Å²) >= 11 is 1.24. The van der Waals surface area contributed by atoms with Gasteiger partial charge in [-0.15, -0.1) is 0 Å². The van der Waals surface area contributed by atoms with Crippen LogP contribution in [0.3, 0.4) is 0 Å². The molecular weight excluding hydrogens is 162 g/mol. The molecule has 2 rings (SSSR count). The van der Waals surface area contributed by atoms with Gasteiger partial charge >= 0.3 is 0 Å². The highest BCUT2D eigenvalue weighted by Crippen LogP contribution is 2.30. The van der Waals surface area contributed by atoms with Crippen LogP contribution >= 0.6 is 11.3 Å². The van der Waals surface area contributed by atoms with Crippen LogP contribution < -0.4 is 11.1 Å². The minimum Gasteiger partial charge on any atom is -0.375 e. The van der Waals surface area contributed by atoms with Gasteiger partial charge in [0, 0.05) is 0 Å². The van der Waals surface area contributed by atoms with Gasteiger partial charge in [-0.2, -0.15) is 0 Å². The van der Waals surface area contributed by atoms with E-state index in [1.165, 1.54) is 11.3 Å². The SMILES string of the molecule is CC1NC(=O)c2sc(N)nc21. The summed E-state index contributed by atoms with van der Waals surface area (Å²) in [6.45, 7) is 1.89. The molecule has 1 unspecified atom stereocenters. The van der Waals surface area contributed by atoms with Gasteiger partial charge in [0.2, 0.25) is 0 Å². The standard InChI is InChI=1S/C6H7N3OS/c1-2-3-4(5(10)8-2)11-6(7)9-3/h2H,1H3,(H2,7,9)(H,8,10). The van der Waals surface area contributed by atoms with Gasteiger partial charge in [0.15, 0.2) is 5.13 Å². The van der Waals surface area contributed by atoms with Gasteiger partial charge in [0.05, 0.1) is 11.7 Å². The fraction of sp³-hybridized carbons (Fsp3) is 0.333. The summed E-state index contributed by atoms with van der Waals surface area (Å²) < 4.78 is 0. The minimum atomic E-state index is -0.0540. The molecule has 1 atom stereocenters. The molecule has 0 aliphatic carbocycles. The lowest BCUT2D eigenvalue weighted by Crippen LogP contribution is -2.16. The predicted molar refractivity (Wildman–Crippen MR) is 42.4 cm³/mol. The monoisotopic (exact) mass is 169 g/mol. The molecule has 1 aromatic rings. The molecule has 0 saturated heterocycles. The predicted octanol–water partition coefficient (Wildman–Crippen LogP) is 0.530. The van der Waals surface area contributed by atoms with Crippen molar-refractivity contribution in [2.75, 3.05) is 5.73 Å². The van der Waals surface area contributed by atoms with E-state index in [9.17, 15) is 4.79 Å². The molecule has 0 saturated carbocycles. The topological polar surface area (TPSA) is 68.0 Å². The molecule has 4 nitrogen and oxygen atoms in total. The Labute approximate surface area is 67.4 Å². The summed E-state index contributed by atoms with van der Waals surface area (Å²) in [7, 11) is 0. The van der Waals surface area contributed by atoms with Crippen LogP contribution in [0.4, 0.5) is 5.13 Å². The number of nitrogens with two attached hydrogens (primary N) is 1. The number of hydrogen-bond donors (Lipinski definition) is 2. The number of fused-ring (bicyclic) bond motifs is 1. The quantitative estimate of drug-likeness (QED) is 0.595. The van der Waals surface area contributed by atoms with Crippen molar-refractivity contribution in [3.8, 4) is 0 Å². The Morgan fingerprint density at radius 2 is 2.45 bits per heavy atom. The van der Waals surface area contributed by atoms with E-state index in [4.69, 9.17) is 5.73 Å². The highest BCUT2D eigenvalue weighted by molar-refractivity contribution is 7.17. The fourth-order valence-electron chi connectivity index (χ4n) is 1.14. The molecule has 1 aliphatic heterocycles. The molecule has 3 N–H and O–H groups in total. The third kappa shape index (κ3) is 0.808. The number of nitrogen functional groups attached to an aromatic ring is 1. The lowest BCUT2D eigenvalue weighted by molar-refractivity contribution is 0.0961. The number of rotatable bonds is 0. The van der Waals surface area contributed by atoms with Crippen molar-refractivity contribution in [2.45, 2.75) is 13.0 Å². The van der Waals surface area contributed by atoms with Crippen molar-refractivity contribution in [1.82, 2.24) is 10.3 Å². The van der Waals surface area contributed by atoms with Crippen LogP contribution in [0.5, 0.6) is 0 Å². The van der Waals surface area contributed by atoms with E-state index >= 15 is 0 Å². The maximum atomic E-state index is 11.1. The molecule has 58 valence electrons. The van der Waals surface area contributed by atoms with Crippen molar-refractivity contribution in [3.63, 3.8) is 0 Å². The first-order valence-electron chi connectivity index (χ1n) is 3.25. The molecule has 1 aromatic heterocycles. The number of hydrogen-bond acceptors (Lipinski definition) is 4. The maximum Gasteiger partial charge on any atom is 0.263 e. The van der Waals surface area contributed by atoms with E-state index in [-0.39, 0.29) is 11.9 Å². The van der Waals surface area contributed by atoms with Crippen LogP contribution in [0.2, 0.25) is 0 Å². The van der Waals surface area contributed by atoms with Crippen molar-refractivity contribution >= 4 is 22.4 Å². The van der Waals surface area contributed by atoms with Gasteiger partial charge in [-0.25, -0.2) is 4.98 Å². The molecule has 1 amide bonds. The number of carbonyl (C=O) groups is 1. The van der Waals surface area contributed by atoms with Gasteiger partial charge in [-0.05, 0) is 6.92 Å². The molecule has 0 spiro atoms. The molecule has 0 fully saturated rings. The number of amides is 1. The maximum absolute atomic E-state index is 11.1.